The lowest BCUT2D eigenvalue weighted by atomic mass is 9.88. The third-order valence-corrected chi connectivity index (χ3v) is 7.21. The summed E-state index contributed by atoms with van der Waals surface area (Å²) in [5.74, 6) is -5.50. The second-order valence-corrected chi connectivity index (χ2v) is 9.78. The van der Waals surface area contributed by atoms with Crippen LogP contribution in [0.5, 0.6) is 0 Å². The summed E-state index contributed by atoms with van der Waals surface area (Å²) in [5, 5.41) is 12.0. The number of aliphatic carboxylic acids is 1. The van der Waals surface area contributed by atoms with Gasteiger partial charge in [0.1, 0.15) is 0 Å². The summed E-state index contributed by atoms with van der Waals surface area (Å²) in [6.07, 6.45) is 4.71. The number of ether oxygens (including phenoxy) is 1. The van der Waals surface area contributed by atoms with Gasteiger partial charge < -0.3 is 15.2 Å². The molecule has 1 saturated heterocycles. The number of fused-ring (bicyclic) bond motifs is 2. The van der Waals surface area contributed by atoms with Crippen molar-refractivity contribution in [3.63, 3.8) is 0 Å². The first-order valence-electron chi connectivity index (χ1n) is 12.6. The molecule has 2 heterocycles. The molecule has 3 aliphatic rings. The number of rotatable bonds is 6. The lowest BCUT2D eigenvalue weighted by molar-refractivity contribution is -0.132. The molecule has 1 fully saturated rings. The molecule has 0 aromatic heterocycles. The molecule has 6 rings (SSSR count). The third kappa shape index (κ3) is 4.61. The number of carbonyl (C=O) groups is 6. The number of hydrogen-bond donors (Lipinski definition) is 2. The van der Waals surface area contributed by atoms with E-state index < -0.39 is 47.5 Å². The van der Waals surface area contributed by atoms with Gasteiger partial charge in [0.2, 0.25) is 11.8 Å². The molecule has 1 aliphatic carbocycles. The van der Waals surface area contributed by atoms with Gasteiger partial charge in [-0.05, 0) is 60.0 Å². The van der Waals surface area contributed by atoms with E-state index in [1.54, 1.807) is 24.3 Å². The molecule has 2 N–H and O–H groups in total. The van der Waals surface area contributed by atoms with E-state index in [1.807, 2.05) is 24.3 Å². The highest BCUT2D eigenvalue weighted by atomic mass is 16.6. The molecule has 3 amide bonds. The van der Waals surface area contributed by atoms with E-state index >= 15 is 0 Å². The van der Waals surface area contributed by atoms with Crippen molar-refractivity contribution in [2.75, 3.05) is 10.2 Å². The van der Waals surface area contributed by atoms with E-state index in [1.165, 1.54) is 36.4 Å². The van der Waals surface area contributed by atoms with Gasteiger partial charge in [-0.2, -0.15) is 0 Å². The number of nitrogens with one attached hydrogen (secondary N) is 1. The fraction of sp³-hybridized carbons (Fsp3) is 0.0968. The standard InChI is InChI=1S/C31H20N2O8/c34-26(18-5-12-23-25(14-18)31(40)41-30(23)39)32-20-7-1-16(2-8-20)13-17-3-9-21(10-4-17)33-27(35)22-11-6-19(29(37)38)15-24(22)28(33)36/h1-12,14-15,22,24H,13H2,(H,32,34)(H,37,38). The second kappa shape index (κ2) is 9.83. The van der Waals surface area contributed by atoms with Crippen LogP contribution in [0.15, 0.2) is 90.5 Å². The first kappa shape index (κ1) is 25.6. The highest BCUT2D eigenvalue weighted by Crippen LogP contribution is 2.36. The van der Waals surface area contributed by atoms with Crippen molar-refractivity contribution in [1.82, 2.24) is 0 Å². The minimum atomic E-state index is -1.15. The summed E-state index contributed by atoms with van der Waals surface area (Å²) >= 11 is 0. The third-order valence-electron chi connectivity index (χ3n) is 7.21. The van der Waals surface area contributed by atoms with Crippen molar-refractivity contribution >= 4 is 47.0 Å². The molecule has 10 heteroatoms. The predicted molar refractivity (Wildman–Crippen MR) is 144 cm³/mol. The Bertz CT molecular complexity index is 1730. The first-order valence-corrected chi connectivity index (χ1v) is 12.6. The number of imide groups is 1. The van der Waals surface area contributed by atoms with Crippen LogP contribution in [0.3, 0.4) is 0 Å². The molecule has 0 saturated carbocycles. The highest BCUT2D eigenvalue weighted by Gasteiger charge is 2.47. The average molecular weight is 549 g/mol. The van der Waals surface area contributed by atoms with Crippen LogP contribution in [-0.2, 0) is 25.5 Å². The molecule has 0 bridgehead atoms. The number of anilines is 2. The van der Waals surface area contributed by atoms with Crippen molar-refractivity contribution in [3.05, 3.63) is 118 Å². The second-order valence-electron chi connectivity index (χ2n) is 9.78. The quantitative estimate of drug-likeness (QED) is 0.270. The van der Waals surface area contributed by atoms with E-state index in [0.717, 1.165) is 16.0 Å². The molecule has 2 unspecified atom stereocenters. The number of carboxylic acid groups (broad SMARTS) is 1. The maximum Gasteiger partial charge on any atom is 0.346 e. The minimum Gasteiger partial charge on any atom is -0.478 e. The number of carboxylic acids is 1. The Morgan fingerprint density at radius 3 is 2.12 bits per heavy atom. The molecule has 2 aliphatic heterocycles. The fourth-order valence-electron chi connectivity index (χ4n) is 5.08. The van der Waals surface area contributed by atoms with Crippen molar-refractivity contribution < 1.29 is 38.6 Å². The van der Waals surface area contributed by atoms with Gasteiger partial charge in [0, 0.05) is 11.3 Å². The Kier molecular flexibility index (Phi) is 6.15. The molecule has 0 spiro atoms. The Morgan fingerprint density at radius 2 is 1.44 bits per heavy atom. The van der Waals surface area contributed by atoms with E-state index in [-0.39, 0.29) is 22.3 Å². The van der Waals surface area contributed by atoms with Crippen LogP contribution >= 0.6 is 0 Å². The molecule has 41 heavy (non-hydrogen) atoms. The van der Waals surface area contributed by atoms with E-state index in [4.69, 9.17) is 0 Å². The lowest BCUT2D eigenvalue weighted by Gasteiger charge is -2.15. The van der Waals surface area contributed by atoms with Crippen LogP contribution in [0.4, 0.5) is 11.4 Å². The maximum atomic E-state index is 12.9. The normalized spacial score (nSPS) is 19.0. The van der Waals surface area contributed by atoms with E-state index in [2.05, 4.69) is 10.1 Å². The van der Waals surface area contributed by atoms with Gasteiger partial charge in [-0.15, -0.1) is 0 Å². The fourth-order valence-corrected chi connectivity index (χ4v) is 5.08. The van der Waals surface area contributed by atoms with Crippen LogP contribution < -0.4 is 10.2 Å². The van der Waals surface area contributed by atoms with Crippen LogP contribution in [0.25, 0.3) is 0 Å². The van der Waals surface area contributed by atoms with E-state index in [0.29, 0.717) is 17.8 Å². The Hall–Kier alpha value is -5.64. The number of cyclic esters (lactones) is 2. The number of hydrogen-bond acceptors (Lipinski definition) is 7. The summed E-state index contributed by atoms with van der Waals surface area (Å²) < 4.78 is 4.56. The Morgan fingerprint density at radius 1 is 0.805 bits per heavy atom. The maximum absolute atomic E-state index is 12.9. The summed E-state index contributed by atoms with van der Waals surface area (Å²) in [4.78, 5) is 74.2. The highest BCUT2D eigenvalue weighted by molar-refractivity contribution is 6.23. The molecule has 3 aromatic rings. The zero-order valence-electron chi connectivity index (χ0n) is 21.2. The van der Waals surface area contributed by atoms with Crippen molar-refractivity contribution in [2.24, 2.45) is 11.8 Å². The van der Waals surface area contributed by atoms with Crippen LogP contribution in [-0.4, -0.2) is 40.7 Å². The molecule has 202 valence electrons. The van der Waals surface area contributed by atoms with Gasteiger partial charge in [-0.3, -0.25) is 14.4 Å². The molecular weight excluding hydrogens is 528 g/mol. The predicted octanol–water partition coefficient (Wildman–Crippen LogP) is 3.53. The zero-order valence-corrected chi connectivity index (χ0v) is 21.2. The topological polar surface area (TPSA) is 147 Å². The number of benzene rings is 3. The SMILES string of the molecule is O=C(O)C1=CC2C(=O)N(c3ccc(Cc4ccc(NC(=O)c5ccc6c(c5)C(=O)OC6=O)cc4)cc3)C(=O)C2C=C1. The first-order chi connectivity index (χ1) is 19.7. The summed E-state index contributed by atoms with van der Waals surface area (Å²) in [7, 11) is 0. The summed E-state index contributed by atoms with van der Waals surface area (Å²) in [6, 6.07) is 18.3. The average Bonchev–Trinajstić information content (AvgIpc) is 3.40. The van der Waals surface area contributed by atoms with E-state index in [9.17, 15) is 33.9 Å². The van der Waals surface area contributed by atoms with Gasteiger partial charge >= 0.3 is 17.9 Å². The molecule has 0 radical (unpaired) electrons. The van der Waals surface area contributed by atoms with Crippen LogP contribution in [0, 0.1) is 11.8 Å². The molecular formula is C31H20N2O8. The lowest BCUT2D eigenvalue weighted by Crippen LogP contribution is -2.30. The van der Waals surface area contributed by atoms with Crippen molar-refractivity contribution in [1.29, 1.82) is 0 Å². The Labute approximate surface area is 232 Å². The number of amides is 3. The van der Waals surface area contributed by atoms with Gasteiger partial charge in [0.05, 0.1) is 34.2 Å². The molecule has 2 atom stereocenters. The minimum absolute atomic E-state index is 0.0114. The van der Waals surface area contributed by atoms with Crippen LogP contribution in [0.2, 0.25) is 0 Å². The van der Waals surface area contributed by atoms with Crippen molar-refractivity contribution in [3.8, 4) is 0 Å². The van der Waals surface area contributed by atoms with Gasteiger partial charge in [-0.25, -0.2) is 19.3 Å². The molecule has 10 nitrogen and oxygen atoms in total. The van der Waals surface area contributed by atoms with Gasteiger partial charge in [0.15, 0.2) is 0 Å². The van der Waals surface area contributed by atoms with Crippen LogP contribution in [0.1, 0.15) is 42.2 Å². The van der Waals surface area contributed by atoms with Gasteiger partial charge in [-0.1, -0.05) is 42.5 Å². The zero-order chi connectivity index (χ0) is 28.8. The monoisotopic (exact) mass is 548 g/mol. The largest absolute Gasteiger partial charge is 0.478 e. The van der Waals surface area contributed by atoms with Gasteiger partial charge in [0.25, 0.3) is 5.91 Å². The Balaban J connectivity index is 1.10. The summed E-state index contributed by atoms with van der Waals surface area (Å²) in [5.41, 5.74) is 3.21. The summed E-state index contributed by atoms with van der Waals surface area (Å²) in [6.45, 7) is 0. The molecule has 3 aromatic carbocycles. The van der Waals surface area contributed by atoms with Crippen molar-refractivity contribution in [2.45, 2.75) is 6.42 Å². The number of nitrogens with zero attached hydrogens (tertiary/aromatic N) is 1. The smallest absolute Gasteiger partial charge is 0.346 e. The number of esters is 2. The number of carbonyl (C=O) groups excluding carboxylic acids is 5.